The summed E-state index contributed by atoms with van der Waals surface area (Å²) in [5.41, 5.74) is 2.54. The van der Waals surface area contributed by atoms with Crippen molar-refractivity contribution in [1.82, 2.24) is 4.98 Å². The van der Waals surface area contributed by atoms with Gasteiger partial charge in [0.05, 0.1) is 0 Å². The molecular weight excluding hydrogens is 198 g/mol. The van der Waals surface area contributed by atoms with E-state index in [0.717, 1.165) is 32.1 Å². The van der Waals surface area contributed by atoms with Gasteiger partial charge in [-0.2, -0.15) is 0 Å². The molecule has 0 radical (unpaired) electrons. The molecule has 1 rings (SSSR count). The average molecular weight is 219 g/mol. The van der Waals surface area contributed by atoms with E-state index in [9.17, 15) is 4.79 Å². The van der Waals surface area contributed by atoms with Gasteiger partial charge in [-0.1, -0.05) is 13.3 Å². The number of pyridine rings is 1. The predicted octanol–water partition coefficient (Wildman–Crippen LogP) is 3.34. The molecule has 1 aromatic rings. The molecule has 0 aliphatic rings. The molecule has 2 heteroatoms. The highest BCUT2D eigenvalue weighted by Gasteiger charge is 1.97. The molecule has 0 atom stereocenters. The van der Waals surface area contributed by atoms with Crippen LogP contribution in [0.3, 0.4) is 0 Å². The van der Waals surface area contributed by atoms with Crippen molar-refractivity contribution in [2.45, 2.75) is 52.4 Å². The summed E-state index contributed by atoms with van der Waals surface area (Å²) in [6, 6.07) is 4.27. The van der Waals surface area contributed by atoms with E-state index in [-0.39, 0.29) is 0 Å². The van der Waals surface area contributed by atoms with Gasteiger partial charge in [0.15, 0.2) is 0 Å². The fraction of sp³-hybridized carbons (Fsp3) is 0.571. The van der Waals surface area contributed by atoms with Crippen LogP contribution in [0, 0.1) is 0 Å². The highest BCUT2D eigenvalue weighted by Crippen LogP contribution is 2.09. The summed E-state index contributed by atoms with van der Waals surface area (Å²) < 4.78 is 0. The van der Waals surface area contributed by atoms with E-state index in [2.05, 4.69) is 24.0 Å². The van der Waals surface area contributed by atoms with Gasteiger partial charge in [0.25, 0.3) is 0 Å². The van der Waals surface area contributed by atoms with Gasteiger partial charge in [-0.15, -0.1) is 0 Å². The van der Waals surface area contributed by atoms with Crippen molar-refractivity contribution in [2.75, 3.05) is 0 Å². The standard InChI is InChI=1S/C14H21NO/c1-3-14-11-13(9-10-15-14)8-6-4-5-7-12(2)16/h9-11H,3-8H2,1-2H3. The Labute approximate surface area is 98.1 Å². The molecule has 0 spiro atoms. The number of aromatic nitrogens is 1. The van der Waals surface area contributed by atoms with Crippen LogP contribution in [0.4, 0.5) is 0 Å². The van der Waals surface area contributed by atoms with Gasteiger partial charge in [0.2, 0.25) is 0 Å². The Bertz CT molecular complexity index is 333. The first kappa shape index (κ1) is 12.9. The molecule has 2 nitrogen and oxygen atoms in total. The van der Waals surface area contributed by atoms with E-state index in [4.69, 9.17) is 0 Å². The van der Waals surface area contributed by atoms with Crippen LogP contribution in [0.1, 0.15) is 50.8 Å². The largest absolute Gasteiger partial charge is 0.300 e. The zero-order valence-corrected chi connectivity index (χ0v) is 10.3. The predicted molar refractivity (Wildman–Crippen MR) is 66.5 cm³/mol. The van der Waals surface area contributed by atoms with Crippen molar-refractivity contribution in [1.29, 1.82) is 0 Å². The minimum atomic E-state index is 0.303. The first-order valence-corrected chi connectivity index (χ1v) is 6.15. The van der Waals surface area contributed by atoms with Gasteiger partial charge in [0.1, 0.15) is 5.78 Å². The Balaban J connectivity index is 2.23. The van der Waals surface area contributed by atoms with Gasteiger partial charge in [-0.25, -0.2) is 0 Å². The second-order valence-electron chi connectivity index (χ2n) is 4.27. The molecule has 0 aliphatic carbocycles. The summed E-state index contributed by atoms with van der Waals surface area (Å²) in [7, 11) is 0. The molecule has 0 amide bonds. The number of rotatable bonds is 7. The van der Waals surface area contributed by atoms with Crippen LogP contribution in [0.2, 0.25) is 0 Å². The molecule has 0 aliphatic heterocycles. The van der Waals surface area contributed by atoms with Crippen molar-refractivity contribution in [3.05, 3.63) is 29.6 Å². The van der Waals surface area contributed by atoms with Crippen molar-refractivity contribution < 1.29 is 4.79 Å². The van der Waals surface area contributed by atoms with Crippen molar-refractivity contribution >= 4 is 5.78 Å². The van der Waals surface area contributed by atoms with E-state index in [1.165, 1.54) is 17.7 Å². The molecule has 16 heavy (non-hydrogen) atoms. The average Bonchev–Trinajstić information content (AvgIpc) is 2.28. The maximum atomic E-state index is 10.8. The maximum absolute atomic E-state index is 10.8. The Morgan fingerprint density at radius 3 is 2.81 bits per heavy atom. The van der Waals surface area contributed by atoms with Gasteiger partial charge in [0, 0.05) is 18.3 Å². The number of carbonyl (C=O) groups is 1. The SMILES string of the molecule is CCc1cc(CCCCCC(C)=O)ccn1. The fourth-order valence-corrected chi connectivity index (χ4v) is 1.76. The van der Waals surface area contributed by atoms with Crippen LogP contribution < -0.4 is 0 Å². The fourth-order valence-electron chi connectivity index (χ4n) is 1.76. The monoisotopic (exact) mass is 219 g/mol. The zero-order valence-electron chi connectivity index (χ0n) is 10.3. The number of carbonyl (C=O) groups excluding carboxylic acids is 1. The smallest absolute Gasteiger partial charge is 0.129 e. The minimum absolute atomic E-state index is 0.303. The number of Topliss-reactive ketones (excluding diaryl/α,β-unsaturated/α-hetero) is 1. The molecule has 1 heterocycles. The van der Waals surface area contributed by atoms with E-state index in [1.807, 2.05) is 6.20 Å². The maximum Gasteiger partial charge on any atom is 0.129 e. The minimum Gasteiger partial charge on any atom is -0.300 e. The molecular formula is C14H21NO. The highest BCUT2D eigenvalue weighted by atomic mass is 16.1. The van der Waals surface area contributed by atoms with Crippen LogP contribution in [0.25, 0.3) is 0 Å². The van der Waals surface area contributed by atoms with E-state index in [0.29, 0.717) is 5.78 Å². The molecule has 0 saturated heterocycles. The summed E-state index contributed by atoms with van der Waals surface area (Å²) in [6.45, 7) is 3.79. The molecule has 88 valence electrons. The normalized spacial score (nSPS) is 10.4. The number of aryl methyl sites for hydroxylation is 2. The van der Waals surface area contributed by atoms with E-state index in [1.54, 1.807) is 6.92 Å². The van der Waals surface area contributed by atoms with Gasteiger partial charge < -0.3 is 4.79 Å². The quantitative estimate of drug-likeness (QED) is 0.658. The van der Waals surface area contributed by atoms with Crippen LogP contribution in [-0.2, 0) is 17.6 Å². The highest BCUT2D eigenvalue weighted by molar-refractivity contribution is 5.75. The molecule has 0 saturated carbocycles. The second-order valence-corrected chi connectivity index (χ2v) is 4.27. The lowest BCUT2D eigenvalue weighted by Gasteiger charge is -2.03. The van der Waals surface area contributed by atoms with Gasteiger partial charge >= 0.3 is 0 Å². The van der Waals surface area contributed by atoms with Gasteiger partial charge in [-0.05, 0) is 50.3 Å². The van der Waals surface area contributed by atoms with Crippen LogP contribution in [0.15, 0.2) is 18.3 Å². The van der Waals surface area contributed by atoms with E-state index < -0.39 is 0 Å². The number of hydrogen-bond acceptors (Lipinski definition) is 2. The second kappa shape index (κ2) is 7.15. The van der Waals surface area contributed by atoms with Crippen molar-refractivity contribution in [3.63, 3.8) is 0 Å². The number of nitrogens with zero attached hydrogens (tertiary/aromatic N) is 1. The molecule has 0 bridgehead atoms. The third-order valence-corrected chi connectivity index (χ3v) is 2.74. The molecule has 0 unspecified atom stereocenters. The number of hydrogen-bond donors (Lipinski definition) is 0. The van der Waals surface area contributed by atoms with Crippen LogP contribution >= 0.6 is 0 Å². The Kier molecular flexibility index (Phi) is 5.76. The van der Waals surface area contributed by atoms with Gasteiger partial charge in [-0.3, -0.25) is 4.98 Å². The first-order chi connectivity index (χ1) is 7.72. The Morgan fingerprint density at radius 1 is 1.31 bits per heavy atom. The summed E-state index contributed by atoms with van der Waals surface area (Å²) in [5, 5.41) is 0. The molecule has 0 fully saturated rings. The first-order valence-electron chi connectivity index (χ1n) is 6.15. The lowest BCUT2D eigenvalue weighted by atomic mass is 10.1. The Hall–Kier alpha value is -1.18. The number of ketones is 1. The zero-order chi connectivity index (χ0) is 11.8. The van der Waals surface area contributed by atoms with Crippen molar-refractivity contribution in [3.8, 4) is 0 Å². The molecule has 0 N–H and O–H groups in total. The third kappa shape index (κ3) is 5.06. The molecule has 1 aromatic heterocycles. The Morgan fingerprint density at radius 2 is 2.12 bits per heavy atom. The topological polar surface area (TPSA) is 30.0 Å². The molecule has 0 aromatic carbocycles. The lowest BCUT2D eigenvalue weighted by molar-refractivity contribution is -0.117. The summed E-state index contributed by atoms with van der Waals surface area (Å²) >= 11 is 0. The third-order valence-electron chi connectivity index (χ3n) is 2.74. The summed E-state index contributed by atoms with van der Waals surface area (Å²) in [6.07, 6.45) is 8.07. The summed E-state index contributed by atoms with van der Waals surface area (Å²) in [5.74, 6) is 0.303. The summed E-state index contributed by atoms with van der Waals surface area (Å²) in [4.78, 5) is 15.0. The van der Waals surface area contributed by atoms with E-state index >= 15 is 0 Å². The van der Waals surface area contributed by atoms with Crippen molar-refractivity contribution in [2.24, 2.45) is 0 Å². The van der Waals surface area contributed by atoms with Crippen LogP contribution in [-0.4, -0.2) is 10.8 Å². The van der Waals surface area contributed by atoms with Crippen LogP contribution in [0.5, 0.6) is 0 Å². The number of unbranched alkanes of at least 4 members (excludes halogenated alkanes) is 2. The lowest BCUT2D eigenvalue weighted by Crippen LogP contribution is -1.93.